The zero-order valence-electron chi connectivity index (χ0n) is 16.8. The minimum absolute atomic E-state index is 0.0678. The molecule has 9 heteroatoms. The summed E-state index contributed by atoms with van der Waals surface area (Å²) >= 11 is 12.5. The Labute approximate surface area is 181 Å². The summed E-state index contributed by atoms with van der Waals surface area (Å²) in [5, 5.41) is 4.02. The maximum Gasteiger partial charge on any atom is 0.258 e. The van der Waals surface area contributed by atoms with Crippen LogP contribution < -0.4 is 19.9 Å². The van der Waals surface area contributed by atoms with Crippen molar-refractivity contribution in [1.29, 1.82) is 0 Å². The van der Waals surface area contributed by atoms with Gasteiger partial charge in [0, 0.05) is 38.4 Å². The van der Waals surface area contributed by atoms with Gasteiger partial charge in [-0.25, -0.2) is 4.98 Å². The third-order valence-electron chi connectivity index (χ3n) is 5.00. The van der Waals surface area contributed by atoms with Gasteiger partial charge < -0.3 is 19.9 Å². The smallest absolute Gasteiger partial charge is 0.258 e. The van der Waals surface area contributed by atoms with Crippen LogP contribution in [0.1, 0.15) is 30.6 Å². The van der Waals surface area contributed by atoms with E-state index in [1.54, 1.807) is 6.07 Å². The van der Waals surface area contributed by atoms with Gasteiger partial charge in [0.1, 0.15) is 5.56 Å². The van der Waals surface area contributed by atoms with Gasteiger partial charge >= 0.3 is 0 Å². The van der Waals surface area contributed by atoms with Crippen molar-refractivity contribution in [3.63, 3.8) is 0 Å². The molecule has 1 aliphatic rings. The van der Waals surface area contributed by atoms with Crippen LogP contribution in [0.3, 0.4) is 0 Å². The maximum atomic E-state index is 12.4. The van der Waals surface area contributed by atoms with Crippen molar-refractivity contribution in [3.8, 4) is 5.88 Å². The molecule has 1 fully saturated rings. The highest BCUT2D eigenvalue weighted by Gasteiger charge is 2.23. The first kappa shape index (κ1) is 21.5. The first-order valence-electron chi connectivity index (χ1n) is 9.60. The average Bonchev–Trinajstić information content (AvgIpc) is 2.75. The van der Waals surface area contributed by atoms with Gasteiger partial charge in [-0.1, -0.05) is 36.2 Å². The molecule has 1 aromatic carbocycles. The van der Waals surface area contributed by atoms with Crippen molar-refractivity contribution in [2.45, 2.75) is 26.3 Å². The Morgan fingerprint density at radius 2 is 1.93 bits per heavy atom. The molecule has 0 bridgehead atoms. The highest BCUT2D eigenvalue weighted by Crippen LogP contribution is 2.33. The molecule has 3 rings (SSSR count). The SMILES string of the molecule is CCC(C)NC(=O)c1cnc(N2CCN(c3cccc(Cl)c3Cl)CC2)nc1OC. The van der Waals surface area contributed by atoms with Crippen molar-refractivity contribution in [1.82, 2.24) is 15.3 Å². The number of benzene rings is 1. The van der Waals surface area contributed by atoms with E-state index in [1.807, 2.05) is 26.0 Å². The largest absolute Gasteiger partial charge is 0.480 e. The second-order valence-corrected chi connectivity index (χ2v) is 7.71. The third kappa shape index (κ3) is 4.85. The maximum absolute atomic E-state index is 12.4. The topological polar surface area (TPSA) is 70.6 Å². The number of hydrogen-bond donors (Lipinski definition) is 1. The van der Waals surface area contributed by atoms with Crippen LogP contribution >= 0.6 is 23.2 Å². The molecule has 29 heavy (non-hydrogen) atoms. The third-order valence-corrected chi connectivity index (χ3v) is 5.81. The lowest BCUT2D eigenvalue weighted by Crippen LogP contribution is -2.47. The number of piperazine rings is 1. The van der Waals surface area contributed by atoms with Gasteiger partial charge in [-0.05, 0) is 25.5 Å². The van der Waals surface area contributed by atoms with Crippen LogP contribution in [0.25, 0.3) is 0 Å². The number of carbonyl (C=O) groups is 1. The molecule has 0 saturated carbocycles. The number of rotatable bonds is 6. The molecular formula is C20H25Cl2N5O2. The Morgan fingerprint density at radius 3 is 2.59 bits per heavy atom. The summed E-state index contributed by atoms with van der Waals surface area (Å²) in [5.74, 6) is 0.582. The predicted molar refractivity (Wildman–Crippen MR) is 117 cm³/mol. The summed E-state index contributed by atoms with van der Waals surface area (Å²) in [4.78, 5) is 25.5. The second-order valence-electron chi connectivity index (χ2n) is 6.92. The van der Waals surface area contributed by atoms with Crippen molar-refractivity contribution in [2.75, 3.05) is 43.1 Å². The molecule has 1 saturated heterocycles. The minimum Gasteiger partial charge on any atom is -0.480 e. The van der Waals surface area contributed by atoms with E-state index in [0.717, 1.165) is 25.2 Å². The molecule has 2 heterocycles. The Morgan fingerprint density at radius 1 is 1.24 bits per heavy atom. The second kappa shape index (κ2) is 9.50. The quantitative estimate of drug-likeness (QED) is 0.743. The number of ether oxygens (including phenoxy) is 1. The van der Waals surface area contributed by atoms with Crippen molar-refractivity contribution >= 4 is 40.7 Å². The molecular weight excluding hydrogens is 413 g/mol. The van der Waals surface area contributed by atoms with Gasteiger partial charge in [0.25, 0.3) is 5.91 Å². The summed E-state index contributed by atoms with van der Waals surface area (Å²) in [6, 6.07) is 5.71. The number of amides is 1. The summed E-state index contributed by atoms with van der Waals surface area (Å²) in [7, 11) is 1.51. The molecule has 0 aliphatic carbocycles. The molecule has 7 nitrogen and oxygen atoms in total. The van der Waals surface area contributed by atoms with Crippen molar-refractivity contribution in [2.24, 2.45) is 0 Å². The summed E-state index contributed by atoms with van der Waals surface area (Å²) in [5.41, 5.74) is 1.26. The van der Waals surface area contributed by atoms with E-state index in [4.69, 9.17) is 27.9 Å². The molecule has 156 valence electrons. The first-order chi connectivity index (χ1) is 13.9. The fourth-order valence-electron chi connectivity index (χ4n) is 3.11. The van der Waals surface area contributed by atoms with Crippen LogP contribution in [-0.4, -0.2) is 55.2 Å². The van der Waals surface area contributed by atoms with Gasteiger partial charge in [-0.15, -0.1) is 0 Å². The van der Waals surface area contributed by atoms with Crippen LogP contribution in [-0.2, 0) is 0 Å². The lowest BCUT2D eigenvalue weighted by Gasteiger charge is -2.36. The van der Waals surface area contributed by atoms with Gasteiger partial charge in [0.15, 0.2) is 0 Å². The number of carbonyl (C=O) groups excluding carboxylic acids is 1. The molecule has 2 aromatic rings. The van der Waals surface area contributed by atoms with Crippen LogP contribution in [0.15, 0.2) is 24.4 Å². The first-order valence-corrected chi connectivity index (χ1v) is 10.4. The van der Waals surface area contributed by atoms with E-state index in [0.29, 0.717) is 34.6 Å². The zero-order valence-corrected chi connectivity index (χ0v) is 18.3. The number of aromatic nitrogens is 2. The summed E-state index contributed by atoms with van der Waals surface area (Å²) in [6.07, 6.45) is 2.37. The fraction of sp³-hybridized carbons (Fsp3) is 0.450. The van der Waals surface area contributed by atoms with E-state index in [1.165, 1.54) is 13.3 Å². The number of anilines is 2. The highest BCUT2D eigenvalue weighted by atomic mass is 35.5. The van der Waals surface area contributed by atoms with Gasteiger partial charge in [0.05, 0.1) is 22.8 Å². The number of hydrogen-bond acceptors (Lipinski definition) is 6. The molecule has 1 amide bonds. The van der Waals surface area contributed by atoms with E-state index in [9.17, 15) is 4.79 Å². The molecule has 1 N–H and O–H groups in total. The lowest BCUT2D eigenvalue weighted by molar-refractivity contribution is 0.0935. The minimum atomic E-state index is -0.233. The summed E-state index contributed by atoms with van der Waals surface area (Å²) in [6.45, 7) is 6.89. The molecule has 1 unspecified atom stereocenters. The summed E-state index contributed by atoms with van der Waals surface area (Å²) < 4.78 is 5.35. The lowest BCUT2D eigenvalue weighted by atomic mass is 10.2. The van der Waals surface area contributed by atoms with Crippen molar-refractivity contribution in [3.05, 3.63) is 40.0 Å². The predicted octanol–water partition coefficient (Wildman–Crippen LogP) is 3.65. The number of nitrogens with one attached hydrogen (secondary N) is 1. The normalized spacial score (nSPS) is 15.2. The molecule has 1 aliphatic heterocycles. The van der Waals surface area contributed by atoms with E-state index in [-0.39, 0.29) is 17.8 Å². The molecule has 0 spiro atoms. The van der Waals surface area contributed by atoms with Gasteiger partial charge in [-0.2, -0.15) is 4.98 Å². The Hall–Kier alpha value is -2.25. The fourth-order valence-corrected chi connectivity index (χ4v) is 3.52. The van der Waals surface area contributed by atoms with Crippen molar-refractivity contribution < 1.29 is 9.53 Å². The number of halogens is 2. The van der Waals surface area contributed by atoms with Crippen LogP contribution in [0.5, 0.6) is 5.88 Å². The van der Waals surface area contributed by atoms with Gasteiger partial charge in [-0.3, -0.25) is 4.79 Å². The molecule has 0 radical (unpaired) electrons. The molecule has 1 aromatic heterocycles. The Bertz CT molecular complexity index is 872. The highest BCUT2D eigenvalue weighted by molar-refractivity contribution is 6.43. The Kier molecular flexibility index (Phi) is 7.03. The number of nitrogens with zero attached hydrogens (tertiary/aromatic N) is 4. The molecule has 1 atom stereocenters. The zero-order chi connectivity index (χ0) is 21.0. The van der Waals surface area contributed by atoms with Gasteiger partial charge in [0.2, 0.25) is 11.8 Å². The van der Waals surface area contributed by atoms with E-state index in [2.05, 4.69) is 25.1 Å². The van der Waals surface area contributed by atoms with Crippen LogP contribution in [0, 0.1) is 0 Å². The standard InChI is InChI=1S/C20H25Cl2N5O2/c1-4-13(2)24-18(28)14-12-23-20(25-19(14)29-3)27-10-8-26(9-11-27)16-7-5-6-15(21)17(16)22/h5-7,12-13H,4,8-11H2,1-3H3,(H,24,28). The monoisotopic (exact) mass is 437 g/mol. The number of methoxy groups -OCH3 is 1. The van der Waals surface area contributed by atoms with E-state index < -0.39 is 0 Å². The average molecular weight is 438 g/mol. The van der Waals surface area contributed by atoms with Crippen LogP contribution in [0.2, 0.25) is 10.0 Å². The Balaban J connectivity index is 1.70. The van der Waals surface area contributed by atoms with Crippen LogP contribution in [0.4, 0.5) is 11.6 Å². The van der Waals surface area contributed by atoms with E-state index >= 15 is 0 Å².